The third kappa shape index (κ3) is 2.02. The van der Waals surface area contributed by atoms with E-state index in [-0.39, 0.29) is 5.75 Å². The van der Waals surface area contributed by atoms with E-state index in [0.29, 0.717) is 0 Å². The van der Waals surface area contributed by atoms with Gasteiger partial charge in [-0.2, -0.15) is 0 Å². The Kier molecular flexibility index (Phi) is 2.83. The molecule has 1 aromatic heterocycles. The first-order valence-corrected chi connectivity index (χ1v) is 5.40. The number of nitrogens with zero attached hydrogens (tertiary/aromatic N) is 2. The number of likely N-dealkylation sites (N-methyl/N-ethyl adjacent to an activating group) is 1. The number of rotatable bonds is 3. The lowest BCUT2D eigenvalue weighted by atomic mass is 10.1. The average molecular weight is 219 g/mol. The number of imidazole rings is 1. The smallest absolute Gasteiger partial charge is 0.141 e. The highest BCUT2D eigenvalue weighted by Gasteiger charge is 2.09. The van der Waals surface area contributed by atoms with Crippen molar-refractivity contribution in [3.63, 3.8) is 0 Å². The fourth-order valence-electron chi connectivity index (χ4n) is 1.80. The number of aromatic hydroxyl groups is 1. The monoisotopic (exact) mass is 219 g/mol. The highest BCUT2D eigenvalue weighted by atomic mass is 16.3. The van der Waals surface area contributed by atoms with Crippen LogP contribution >= 0.6 is 0 Å². The van der Waals surface area contributed by atoms with Crippen molar-refractivity contribution < 1.29 is 5.11 Å². The molecule has 0 spiro atoms. The molecule has 0 bridgehead atoms. The third-order valence-corrected chi connectivity index (χ3v) is 2.65. The molecule has 2 aromatic rings. The van der Waals surface area contributed by atoms with E-state index in [2.05, 4.69) is 14.9 Å². The van der Waals surface area contributed by atoms with E-state index in [4.69, 9.17) is 0 Å². The van der Waals surface area contributed by atoms with Gasteiger partial charge in [0.15, 0.2) is 0 Å². The molecule has 16 heavy (non-hydrogen) atoms. The van der Waals surface area contributed by atoms with Gasteiger partial charge in [-0.1, -0.05) is 6.07 Å². The lowest BCUT2D eigenvalue weighted by Crippen LogP contribution is -2.15. The maximum atomic E-state index is 9.70. The van der Waals surface area contributed by atoms with Crippen molar-refractivity contribution in [2.45, 2.75) is 13.3 Å². The highest BCUT2D eigenvalue weighted by Crippen LogP contribution is 2.25. The van der Waals surface area contributed by atoms with Crippen LogP contribution in [0.25, 0.3) is 11.0 Å². The molecule has 2 rings (SSSR count). The maximum absolute atomic E-state index is 9.70. The number of aromatic nitrogens is 2. The molecule has 1 heterocycles. The van der Waals surface area contributed by atoms with Crippen molar-refractivity contribution in [3.05, 3.63) is 23.5 Å². The summed E-state index contributed by atoms with van der Waals surface area (Å²) in [5.41, 5.74) is 2.80. The molecule has 0 aliphatic rings. The third-order valence-electron chi connectivity index (χ3n) is 2.65. The molecule has 0 saturated carbocycles. The topological polar surface area (TPSA) is 52.1 Å². The number of aromatic amines is 1. The van der Waals surface area contributed by atoms with E-state index in [9.17, 15) is 5.11 Å². The van der Waals surface area contributed by atoms with Gasteiger partial charge in [0, 0.05) is 6.54 Å². The van der Waals surface area contributed by atoms with Crippen molar-refractivity contribution in [3.8, 4) is 5.75 Å². The van der Waals surface area contributed by atoms with Crippen LogP contribution in [0.3, 0.4) is 0 Å². The van der Waals surface area contributed by atoms with Gasteiger partial charge in [0.2, 0.25) is 0 Å². The molecule has 0 radical (unpaired) electrons. The first kappa shape index (κ1) is 11.0. The van der Waals surface area contributed by atoms with Crippen LogP contribution in [0.5, 0.6) is 5.75 Å². The summed E-state index contributed by atoms with van der Waals surface area (Å²) < 4.78 is 0. The predicted molar refractivity (Wildman–Crippen MR) is 64.8 cm³/mol. The minimum absolute atomic E-state index is 0.268. The summed E-state index contributed by atoms with van der Waals surface area (Å²) in [5, 5.41) is 9.70. The molecule has 0 aliphatic carbocycles. The molecule has 0 amide bonds. The van der Waals surface area contributed by atoms with Gasteiger partial charge < -0.3 is 15.0 Å². The van der Waals surface area contributed by atoms with Crippen LogP contribution in [-0.2, 0) is 6.42 Å². The van der Waals surface area contributed by atoms with Crippen LogP contribution in [0.2, 0.25) is 0 Å². The number of nitrogens with one attached hydrogen (secondary N) is 1. The van der Waals surface area contributed by atoms with Gasteiger partial charge in [0.1, 0.15) is 17.1 Å². The van der Waals surface area contributed by atoms with Gasteiger partial charge in [-0.3, -0.25) is 0 Å². The second kappa shape index (κ2) is 4.14. The summed E-state index contributed by atoms with van der Waals surface area (Å²) in [7, 11) is 4.10. The van der Waals surface area contributed by atoms with E-state index in [0.717, 1.165) is 29.8 Å². The van der Waals surface area contributed by atoms with Crippen LogP contribution in [0.15, 0.2) is 12.1 Å². The molecular weight excluding hydrogens is 202 g/mol. The number of benzene rings is 1. The Bertz CT molecular complexity index is 502. The van der Waals surface area contributed by atoms with Crippen molar-refractivity contribution in [1.82, 2.24) is 14.9 Å². The Morgan fingerprint density at radius 3 is 2.81 bits per heavy atom. The number of hydrogen-bond acceptors (Lipinski definition) is 3. The zero-order chi connectivity index (χ0) is 11.7. The van der Waals surface area contributed by atoms with E-state index in [1.54, 1.807) is 6.07 Å². The summed E-state index contributed by atoms with van der Waals surface area (Å²) in [6.07, 6.45) is 0.939. The van der Waals surface area contributed by atoms with Crippen LogP contribution in [0.4, 0.5) is 0 Å². The first-order valence-electron chi connectivity index (χ1n) is 5.40. The van der Waals surface area contributed by atoms with E-state index >= 15 is 0 Å². The fourth-order valence-corrected chi connectivity index (χ4v) is 1.80. The lowest BCUT2D eigenvalue weighted by molar-refractivity contribution is 0.414. The molecule has 0 unspecified atom stereocenters. The average Bonchev–Trinajstić information content (AvgIpc) is 2.59. The predicted octanol–water partition coefficient (Wildman–Crippen LogP) is 1.68. The zero-order valence-electron chi connectivity index (χ0n) is 9.91. The summed E-state index contributed by atoms with van der Waals surface area (Å²) in [6, 6.07) is 3.67. The Morgan fingerprint density at radius 2 is 2.12 bits per heavy atom. The summed E-state index contributed by atoms with van der Waals surface area (Å²) >= 11 is 0. The van der Waals surface area contributed by atoms with E-state index in [1.807, 2.05) is 27.1 Å². The van der Waals surface area contributed by atoms with Gasteiger partial charge >= 0.3 is 0 Å². The molecule has 4 heteroatoms. The molecular formula is C12H17N3O. The SMILES string of the molecule is Cc1nc2c(CCN(C)C)ccc(O)c2[nH]1. The zero-order valence-corrected chi connectivity index (χ0v) is 9.91. The molecule has 0 atom stereocenters. The summed E-state index contributed by atoms with van der Waals surface area (Å²) in [6.45, 7) is 2.88. The molecule has 86 valence electrons. The number of aryl methyl sites for hydroxylation is 1. The number of phenolic OH excluding ortho intramolecular Hbond substituents is 1. The van der Waals surface area contributed by atoms with Crippen molar-refractivity contribution in [1.29, 1.82) is 0 Å². The lowest BCUT2D eigenvalue weighted by Gasteiger charge is -2.09. The minimum atomic E-state index is 0.268. The Hall–Kier alpha value is -1.55. The van der Waals surface area contributed by atoms with Crippen molar-refractivity contribution >= 4 is 11.0 Å². The summed E-state index contributed by atoms with van der Waals surface area (Å²) in [4.78, 5) is 9.63. The van der Waals surface area contributed by atoms with Crippen molar-refractivity contribution in [2.24, 2.45) is 0 Å². The van der Waals surface area contributed by atoms with Gasteiger partial charge in [-0.25, -0.2) is 4.98 Å². The fraction of sp³-hybridized carbons (Fsp3) is 0.417. The molecule has 0 aliphatic heterocycles. The van der Waals surface area contributed by atoms with Crippen molar-refractivity contribution in [2.75, 3.05) is 20.6 Å². The Morgan fingerprint density at radius 1 is 1.38 bits per heavy atom. The number of fused-ring (bicyclic) bond motifs is 1. The second-order valence-electron chi connectivity index (χ2n) is 4.34. The maximum Gasteiger partial charge on any atom is 0.141 e. The molecule has 0 saturated heterocycles. The molecule has 1 aromatic carbocycles. The summed E-state index contributed by atoms with van der Waals surface area (Å²) in [5.74, 6) is 1.10. The van der Waals surface area contributed by atoms with Crippen LogP contribution in [0.1, 0.15) is 11.4 Å². The van der Waals surface area contributed by atoms with Crippen LogP contribution in [-0.4, -0.2) is 40.6 Å². The van der Waals surface area contributed by atoms with Crippen LogP contribution < -0.4 is 0 Å². The number of hydrogen-bond donors (Lipinski definition) is 2. The number of H-pyrrole nitrogens is 1. The van der Waals surface area contributed by atoms with E-state index < -0.39 is 0 Å². The molecule has 2 N–H and O–H groups in total. The largest absolute Gasteiger partial charge is 0.506 e. The Labute approximate surface area is 94.9 Å². The number of phenols is 1. The molecule has 4 nitrogen and oxygen atoms in total. The molecule has 0 fully saturated rings. The second-order valence-corrected chi connectivity index (χ2v) is 4.34. The first-order chi connectivity index (χ1) is 7.58. The normalized spacial score (nSPS) is 11.5. The van der Waals surface area contributed by atoms with Gasteiger partial charge in [-0.05, 0) is 39.1 Å². The van der Waals surface area contributed by atoms with Gasteiger partial charge in [0.05, 0.1) is 5.52 Å². The Balaban J connectivity index is 2.41. The standard InChI is InChI=1S/C12H17N3O/c1-8-13-11-9(6-7-15(2)3)4-5-10(16)12(11)14-8/h4-5,16H,6-7H2,1-3H3,(H,13,14). The van der Waals surface area contributed by atoms with Gasteiger partial charge in [-0.15, -0.1) is 0 Å². The highest BCUT2D eigenvalue weighted by molar-refractivity contribution is 5.84. The van der Waals surface area contributed by atoms with E-state index in [1.165, 1.54) is 5.56 Å². The minimum Gasteiger partial charge on any atom is -0.506 e. The quantitative estimate of drug-likeness (QED) is 0.825. The van der Waals surface area contributed by atoms with Gasteiger partial charge in [0.25, 0.3) is 0 Å². The van der Waals surface area contributed by atoms with Crippen LogP contribution in [0, 0.1) is 6.92 Å².